The van der Waals surface area contributed by atoms with Crippen LogP contribution in [0.4, 0.5) is 0 Å². The van der Waals surface area contributed by atoms with Crippen molar-refractivity contribution in [1.29, 1.82) is 0 Å². The average Bonchev–Trinajstić information content (AvgIpc) is 3.07. The number of fused-ring (bicyclic) bond motifs is 1. The monoisotopic (exact) mass is 290 g/mol. The van der Waals surface area contributed by atoms with Gasteiger partial charge in [0.05, 0.1) is 12.2 Å². The Hall–Kier alpha value is -1.17. The van der Waals surface area contributed by atoms with Gasteiger partial charge in [-0.05, 0) is 43.7 Å². The molecule has 1 atom stereocenters. The number of nitrogens with zero attached hydrogens (tertiary/aromatic N) is 2. The molecular formula is C15H22N4S. The first-order valence-electron chi connectivity index (χ1n) is 7.41. The lowest BCUT2D eigenvalue weighted by Gasteiger charge is -2.11. The summed E-state index contributed by atoms with van der Waals surface area (Å²) >= 11 is 1.91. The van der Waals surface area contributed by atoms with Gasteiger partial charge in [-0.2, -0.15) is 5.10 Å². The lowest BCUT2D eigenvalue weighted by molar-refractivity contribution is 0.598. The molecule has 0 spiro atoms. The van der Waals surface area contributed by atoms with E-state index in [-0.39, 0.29) is 6.04 Å². The molecule has 2 aromatic rings. The molecule has 1 aliphatic rings. The third-order valence-corrected chi connectivity index (χ3v) is 5.21. The van der Waals surface area contributed by atoms with Gasteiger partial charge in [-0.3, -0.25) is 10.5 Å². The van der Waals surface area contributed by atoms with Crippen molar-refractivity contribution in [2.24, 2.45) is 5.84 Å². The number of hydrogen-bond donors (Lipinski definition) is 2. The largest absolute Gasteiger partial charge is 0.272 e. The van der Waals surface area contributed by atoms with Crippen LogP contribution in [-0.2, 0) is 19.4 Å². The predicted octanol–water partition coefficient (Wildman–Crippen LogP) is 2.79. The van der Waals surface area contributed by atoms with Crippen molar-refractivity contribution in [2.75, 3.05) is 0 Å². The fourth-order valence-corrected chi connectivity index (χ4v) is 4.22. The maximum Gasteiger partial charge on any atom is 0.0833 e. The topological polar surface area (TPSA) is 55.9 Å². The van der Waals surface area contributed by atoms with E-state index in [2.05, 4.69) is 29.7 Å². The average molecular weight is 290 g/mol. The maximum atomic E-state index is 5.80. The van der Waals surface area contributed by atoms with Crippen molar-refractivity contribution in [3.8, 4) is 0 Å². The summed E-state index contributed by atoms with van der Waals surface area (Å²) in [6.45, 7) is 3.12. The van der Waals surface area contributed by atoms with Gasteiger partial charge in [0.2, 0.25) is 0 Å². The molecule has 0 saturated carbocycles. The first-order valence-corrected chi connectivity index (χ1v) is 8.23. The van der Waals surface area contributed by atoms with E-state index in [4.69, 9.17) is 5.84 Å². The molecule has 0 aromatic carbocycles. The first-order chi connectivity index (χ1) is 9.81. The van der Waals surface area contributed by atoms with E-state index in [0.717, 1.165) is 18.5 Å². The standard InChI is InChI=1S/C15H22N4S/c1-2-7-19-10-12(9-17-19)15(18-16)14-8-11-5-3-4-6-13(11)20-14/h8-10,15,18H,2-7,16H2,1H3. The maximum absolute atomic E-state index is 5.80. The molecule has 20 heavy (non-hydrogen) atoms. The smallest absolute Gasteiger partial charge is 0.0833 e. The number of hydrogen-bond acceptors (Lipinski definition) is 4. The van der Waals surface area contributed by atoms with E-state index in [1.165, 1.54) is 36.1 Å². The molecule has 3 N–H and O–H groups in total. The highest BCUT2D eigenvalue weighted by atomic mass is 32.1. The predicted molar refractivity (Wildman–Crippen MR) is 82.6 cm³/mol. The Balaban J connectivity index is 1.86. The fourth-order valence-electron chi connectivity index (χ4n) is 2.88. The van der Waals surface area contributed by atoms with Crippen LogP contribution in [0.1, 0.15) is 53.1 Å². The first kappa shape index (κ1) is 13.8. The highest BCUT2D eigenvalue weighted by Gasteiger charge is 2.20. The van der Waals surface area contributed by atoms with Crippen molar-refractivity contribution in [3.05, 3.63) is 39.3 Å². The van der Waals surface area contributed by atoms with Crippen LogP contribution >= 0.6 is 11.3 Å². The van der Waals surface area contributed by atoms with E-state index >= 15 is 0 Å². The second kappa shape index (κ2) is 6.08. The summed E-state index contributed by atoms with van der Waals surface area (Å²) in [5.41, 5.74) is 5.63. The summed E-state index contributed by atoms with van der Waals surface area (Å²) in [4.78, 5) is 2.86. The number of nitrogens with one attached hydrogen (secondary N) is 1. The van der Waals surface area contributed by atoms with E-state index < -0.39 is 0 Å². The van der Waals surface area contributed by atoms with Crippen LogP contribution in [0.3, 0.4) is 0 Å². The van der Waals surface area contributed by atoms with Crippen molar-refractivity contribution in [1.82, 2.24) is 15.2 Å². The highest BCUT2D eigenvalue weighted by molar-refractivity contribution is 7.12. The molecule has 1 unspecified atom stereocenters. The molecule has 0 aliphatic heterocycles. The van der Waals surface area contributed by atoms with Crippen LogP contribution in [0.25, 0.3) is 0 Å². The molecule has 4 nitrogen and oxygen atoms in total. The minimum absolute atomic E-state index is 0.0659. The lowest BCUT2D eigenvalue weighted by atomic mass is 9.98. The molecule has 5 heteroatoms. The zero-order valence-electron chi connectivity index (χ0n) is 11.9. The Bertz CT molecular complexity index is 549. The number of aryl methyl sites for hydroxylation is 3. The van der Waals surface area contributed by atoms with Gasteiger partial charge in [-0.15, -0.1) is 11.3 Å². The zero-order chi connectivity index (χ0) is 13.9. The number of hydrazine groups is 1. The molecule has 3 rings (SSSR count). The second-order valence-corrected chi connectivity index (χ2v) is 6.61. The summed E-state index contributed by atoms with van der Waals surface area (Å²) < 4.78 is 1.99. The Morgan fingerprint density at radius 1 is 1.45 bits per heavy atom. The van der Waals surface area contributed by atoms with Gasteiger partial charge < -0.3 is 0 Å². The van der Waals surface area contributed by atoms with Gasteiger partial charge in [0.15, 0.2) is 0 Å². The van der Waals surface area contributed by atoms with Crippen LogP contribution in [0.5, 0.6) is 0 Å². The summed E-state index contributed by atoms with van der Waals surface area (Å²) in [5.74, 6) is 5.80. The van der Waals surface area contributed by atoms with Crippen LogP contribution < -0.4 is 11.3 Å². The minimum Gasteiger partial charge on any atom is -0.272 e. The molecule has 2 aromatic heterocycles. The van der Waals surface area contributed by atoms with Crippen LogP contribution in [-0.4, -0.2) is 9.78 Å². The van der Waals surface area contributed by atoms with Gasteiger partial charge in [-0.25, -0.2) is 5.43 Å². The highest BCUT2D eigenvalue weighted by Crippen LogP contribution is 2.34. The zero-order valence-corrected chi connectivity index (χ0v) is 12.7. The summed E-state index contributed by atoms with van der Waals surface area (Å²) in [6, 6.07) is 2.40. The van der Waals surface area contributed by atoms with Crippen LogP contribution in [0.2, 0.25) is 0 Å². The van der Waals surface area contributed by atoms with E-state index in [9.17, 15) is 0 Å². The molecule has 0 fully saturated rings. The summed E-state index contributed by atoms with van der Waals surface area (Å²) in [6.07, 6.45) is 10.2. The molecule has 1 aliphatic carbocycles. The third-order valence-electron chi connectivity index (χ3n) is 3.91. The molecule has 2 heterocycles. The number of aromatic nitrogens is 2. The SMILES string of the molecule is CCCn1cc(C(NN)c2cc3c(s2)CCCC3)cn1. The van der Waals surface area contributed by atoms with Crippen LogP contribution in [0, 0.1) is 0 Å². The van der Waals surface area contributed by atoms with E-state index in [0.29, 0.717) is 0 Å². The van der Waals surface area contributed by atoms with Gasteiger partial charge in [0.1, 0.15) is 0 Å². The fraction of sp³-hybridized carbons (Fsp3) is 0.533. The van der Waals surface area contributed by atoms with Gasteiger partial charge in [0.25, 0.3) is 0 Å². The van der Waals surface area contributed by atoms with Crippen molar-refractivity contribution in [3.63, 3.8) is 0 Å². The summed E-state index contributed by atoms with van der Waals surface area (Å²) in [7, 11) is 0. The van der Waals surface area contributed by atoms with Crippen molar-refractivity contribution in [2.45, 2.75) is 51.6 Å². The van der Waals surface area contributed by atoms with Crippen LogP contribution in [0.15, 0.2) is 18.5 Å². The molecule has 0 amide bonds. The Morgan fingerprint density at radius 2 is 2.30 bits per heavy atom. The Morgan fingerprint density at radius 3 is 3.05 bits per heavy atom. The van der Waals surface area contributed by atoms with Gasteiger partial charge >= 0.3 is 0 Å². The van der Waals surface area contributed by atoms with Crippen molar-refractivity contribution >= 4 is 11.3 Å². The van der Waals surface area contributed by atoms with Gasteiger partial charge in [-0.1, -0.05) is 6.92 Å². The molecule has 0 radical (unpaired) electrons. The molecule has 108 valence electrons. The third kappa shape index (κ3) is 2.66. The number of nitrogens with two attached hydrogens (primary N) is 1. The molecule has 0 bridgehead atoms. The van der Waals surface area contributed by atoms with Gasteiger partial charge in [0, 0.05) is 28.1 Å². The molecule has 0 saturated heterocycles. The number of rotatable bonds is 5. The second-order valence-electron chi connectivity index (χ2n) is 5.44. The van der Waals surface area contributed by atoms with E-state index in [1.54, 1.807) is 4.88 Å². The summed E-state index contributed by atoms with van der Waals surface area (Å²) in [5, 5.41) is 4.41. The lowest BCUT2D eigenvalue weighted by Crippen LogP contribution is -2.27. The normalized spacial score (nSPS) is 16.1. The Labute approximate surface area is 124 Å². The quantitative estimate of drug-likeness (QED) is 0.657. The Kier molecular flexibility index (Phi) is 4.19. The number of thiophene rings is 1. The van der Waals surface area contributed by atoms with Crippen molar-refractivity contribution < 1.29 is 0 Å². The molecular weight excluding hydrogens is 268 g/mol. The van der Waals surface area contributed by atoms with E-state index in [1.807, 2.05) is 22.2 Å². The minimum atomic E-state index is 0.0659.